The van der Waals surface area contributed by atoms with Crippen molar-refractivity contribution in [2.45, 2.75) is 26.3 Å². The van der Waals surface area contributed by atoms with Crippen LogP contribution in [-0.4, -0.2) is 6.54 Å². The quantitative estimate of drug-likeness (QED) is 0.824. The van der Waals surface area contributed by atoms with Gasteiger partial charge in [0.15, 0.2) is 0 Å². The van der Waals surface area contributed by atoms with Gasteiger partial charge >= 0.3 is 0 Å². The second-order valence-electron chi connectivity index (χ2n) is 4.54. The molecule has 19 heavy (non-hydrogen) atoms. The highest BCUT2D eigenvalue weighted by molar-refractivity contribution is 7.16. The van der Waals surface area contributed by atoms with Gasteiger partial charge in [-0.2, -0.15) is 0 Å². The largest absolute Gasteiger partial charge is 0.306 e. The summed E-state index contributed by atoms with van der Waals surface area (Å²) in [6.07, 6.45) is 1.03. The Morgan fingerprint density at radius 2 is 2.11 bits per heavy atom. The summed E-state index contributed by atoms with van der Waals surface area (Å²) in [5.41, 5.74) is 1.61. The van der Waals surface area contributed by atoms with E-state index in [0.29, 0.717) is 5.56 Å². The Hall–Kier alpha value is -0.900. The Bertz CT molecular complexity index is 553. The van der Waals surface area contributed by atoms with Crippen molar-refractivity contribution in [3.05, 3.63) is 56.5 Å². The lowest BCUT2D eigenvalue weighted by molar-refractivity contribution is 0.587. The maximum atomic E-state index is 13.7. The molecule has 0 aliphatic heterocycles. The van der Waals surface area contributed by atoms with Crippen LogP contribution >= 0.6 is 22.9 Å². The lowest BCUT2D eigenvalue weighted by atomic mass is 10.0. The average Bonchev–Trinajstić information content (AvgIpc) is 2.80. The fourth-order valence-corrected chi connectivity index (χ4v) is 3.11. The van der Waals surface area contributed by atoms with Gasteiger partial charge in [-0.15, -0.1) is 11.3 Å². The minimum absolute atomic E-state index is 0.00699. The highest BCUT2D eigenvalue weighted by atomic mass is 35.5. The van der Waals surface area contributed by atoms with Gasteiger partial charge < -0.3 is 5.32 Å². The zero-order valence-electron chi connectivity index (χ0n) is 11.0. The zero-order valence-corrected chi connectivity index (χ0v) is 12.6. The molecule has 0 spiro atoms. The van der Waals surface area contributed by atoms with Crippen LogP contribution in [0.25, 0.3) is 0 Å². The van der Waals surface area contributed by atoms with E-state index in [-0.39, 0.29) is 11.9 Å². The predicted octanol–water partition coefficient (Wildman–Crippen LogP) is 4.94. The first-order valence-electron chi connectivity index (χ1n) is 6.36. The van der Waals surface area contributed by atoms with Crippen molar-refractivity contribution in [1.29, 1.82) is 0 Å². The monoisotopic (exact) mass is 297 g/mol. The van der Waals surface area contributed by atoms with Crippen molar-refractivity contribution in [2.24, 2.45) is 0 Å². The molecule has 0 amide bonds. The lowest BCUT2D eigenvalue weighted by Gasteiger charge is -2.18. The topological polar surface area (TPSA) is 12.0 Å². The molecule has 0 fully saturated rings. The van der Waals surface area contributed by atoms with Crippen LogP contribution in [0.3, 0.4) is 0 Å². The summed E-state index contributed by atoms with van der Waals surface area (Å²) in [5, 5.41) is 3.45. The molecule has 0 aliphatic rings. The van der Waals surface area contributed by atoms with Crippen LogP contribution in [0.15, 0.2) is 30.3 Å². The maximum absolute atomic E-state index is 13.7. The van der Waals surface area contributed by atoms with Crippen molar-refractivity contribution < 1.29 is 4.39 Å². The molecule has 0 saturated carbocycles. The molecule has 0 bridgehead atoms. The third-order valence-corrected chi connectivity index (χ3v) is 4.30. The number of halogens is 2. The molecule has 0 aliphatic carbocycles. The smallest absolute Gasteiger partial charge is 0.126 e. The van der Waals surface area contributed by atoms with E-state index in [0.717, 1.165) is 27.7 Å². The second kappa shape index (κ2) is 6.51. The van der Waals surface area contributed by atoms with Crippen molar-refractivity contribution in [3.8, 4) is 0 Å². The Kier molecular flexibility index (Phi) is 4.97. The summed E-state index contributed by atoms with van der Waals surface area (Å²) >= 11 is 7.53. The minimum Gasteiger partial charge on any atom is -0.306 e. The third kappa shape index (κ3) is 3.56. The number of benzene rings is 1. The molecule has 1 N–H and O–H groups in total. The van der Waals surface area contributed by atoms with E-state index in [1.165, 1.54) is 11.3 Å². The number of thiophene rings is 1. The van der Waals surface area contributed by atoms with Crippen molar-refractivity contribution in [2.75, 3.05) is 6.54 Å². The fourth-order valence-electron chi connectivity index (χ4n) is 1.94. The molecule has 1 heterocycles. The van der Waals surface area contributed by atoms with Crippen LogP contribution in [0.4, 0.5) is 4.39 Å². The standard InChI is InChI=1S/C15H17ClFNS/c1-3-8-18-15(13-6-7-14(16)19-13)11-5-4-10(2)12(17)9-11/h4-7,9,15,18H,3,8H2,1-2H3. The Labute approximate surface area is 122 Å². The highest BCUT2D eigenvalue weighted by Crippen LogP contribution is 2.31. The molecule has 2 rings (SSSR count). The van der Waals surface area contributed by atoms with E-state index in [1.54, 1.807) is 13.0 Å². The van der Waals surface area contributed by atoms with Gasteiger partial charge in [0, 0.05) is 4.88 Å². The van der Waals surface area contributed by atoms with Gasteiger partial charge in [0.2, 0.25) is 0 Å². The molecular formula is C15H17ClFNS. The summed E-state index contributed by atoms with van der Waals surface area (Å²) in [6, 6.07) is 9.29. The van der Waals surface area contributed by atoms with Crippen LogP contribution < -0.4 is 5.32 Å². The van der Waals surface area contributed by atoms with Crippen molar-refractivity contribution in [3.63, 3.8) is 0 Å². The first-order chi connectivity index (χ1) is 9.11. The van der Waals surface area contributed by atoms with Crippen LogP contribution in [0, 0.1) is 12.7 Å². The summed E-state index contributed by atoms with van der Waals surface area (Å²) in [7, 11) is 0. The number of hydrogen-bond donors (Lipinski definition) is 1. The van der Waals surface area contributed by atoms with Gasteiger partial charge in [-0.25, -0.2) is 4.39 Å². The van der Waals surface area contributed by atoms with Crippen molar-refractivity contribution >= 4 is 22.9 Å². The van der Waals surface area contributed by atoms with Gasteiger partial charge in [0.25, 0.3) is 0 Å². The molecule has 1 nitrogen and oxygen atoms in total. The molecule has 0 saturated heterocycles. The van der Waals surface area contributed by atoms with E-state index in [4.69, 9.17) is 11.6 Å². The third-order valence-electron chi connectivity index (χ3n) is 3.01. The van der Waals surface area contributed by atoms with Crippen LogP contribution in [0.5, 0.6) is 0 Å². The van der Waals surface area contributed by atoms with E-state index < -0.39 is 0 Å². The summed E-state index contributed by atoms with van der Waals surface area (Å²) in [6.45, 7) is 4.77. The molecule has 2 aromatic rings. The van der Waals surface area contributed by atoms with E-state index in [9.17, 15) is 4.39 Å². The van der Waals surface area contributed by atoms with Gasteiger partial charge in [-0.05, 0) is 49.2 Å². The van der Waals surface area contributed by atoms with Gasteiger partial charge in [0.05, 0.1) is 10.4 Å². The first kappa shape index (κ1) is 14.5. The highest BCUT2D eigenvalue weighted by Gasteiger charge is 2.16. The Morgan fingerprint density at radius 3 is 2.68 bits per heavy atom. The molecule has 1 aromatic carbocycles. The van der Waals surface area contributed by atoms with Crippen LogP contribution in [0.1, 0.15) is 35.4 Å². The minimum atomic E-state index is -0.163. The van der Waals surface area contributed by atoms with Gasteiger partial charge in [-0.3, -0.25) is 0 Å². The number of hydrogen-bond acceptors (Lipinski definition) is 2. The normalized spacial score (nSPS) is 12.6. The van der Waals surface area contributed by atoms with Gasteiger partial charge in [0.1, 0.15) is 5.82 Å². The predicted molar refractivity (Wildman–Crippen MR) is 80.6 cm³/mol. The number of aryl methyl sites for hydroxylation is 1. The molecule has 102 valence electrons. The van der Waals surface area contributed by atoms with Crippen LogP contribution in [-0.2, 0) is 0 Å². The van der Waals surface area contributed by atoms with E-state index in [1.807, 2.05) is 24.3 Å². The van der Waals surface area contributed by atoms with E-state index >= 15 is 0 Å². The molecule has 1 unspecified atom stereocenters. The summed E-state index contributed by atoms with van der Waals surface area (Å²) < 4.78 is 14.5. The first-order valence-corrected chi connectivity index (χ1v) is 7.56. The molecule has 1 aromatic heterocycles. The fraction of sp³-hybridized carbons (Fsp3) is 0.333. The SMILES string of the molecule is CCCNC(c1ccc(C)c(F)c1)c1ccc(Cl)s1. The van der Waals surface area contributed by atoms with E-state index in [2.05, 4.69) is 12.2 Å². The molecule has 4 heteroatoms. The Balaban J connectivity index is 2.33. The molecular weight excluding hydrogens is 281 g/mol. The molecule has 1 atom stereocenters. The number of nitrogens with one attached hydrogen (secondary N) is 1. The second-order valence-corrected chi connectivity index (χ2v) is 6.28. The average molecular weight is 298 g/mol. The number of rotatable bonds is 5. The lowest BCUT2D eigenvalue weighted by Crippen LogP contribution is -2.22. The maximum Gasteiger partial charge on any atom is 0.126 e. The summed E-state index contributed by atoms with van der Waals surface area (Å²) in [5.74, 6) is -0.163. The Morgan fingerprint density at radius 1 is 1.32 bits per heavy atom. The molecule has 0 radical (unpaired) electrons. The summed E-state index contributed by atoms with van der Waals surface area (Å²) in [4.78, 5) is 1.11. The van der Waals surface area contributed by atoms with Crippen molar-refractivity contribution in [1.82, 2.24) is 5.32 Å². The van der Waals surface area contributed by atoms with Crippen LogP contribution in [0.2, 0.25) is 4.34 Å². The zero-order chi connectivity index (χ0) is 13.8. The van der Waals surface area contributed by atoms with Gasteiger partial charge in [-0.1, -0.05) is 30.7 Å².